The number of rotatable bonds is 2. The number of thiophene rings is 1. The van der Waals surface area contributed by atoms with E-state index in [1.165, 1.54) is 4.88 Å². The molecule has 0 N–H and O–H groups in total. The van der Waals surface area contributed by atoms with Gasteiger partial charge in [-0.25, -0.2) is 0 Å². The molecule has 0 bridgehead atoms. The van der Waals surface area contributed by atoms with Gasteiger partial charge in [-0.2, -0.15) is 0 Å². The lowest BCUT2D eigenvalue weighted by Crippen LogP contribution is -1.88. The van der Waals surface area contributed by atoms with Crippen LogP contribution in [0.5, 0.6) is 5.75 Å². The molecule has 1 heterocycles. The monoisotopic (exact) mass is 220 g/mol. The van der Waals surface area contributed by atoms with Crippen LogP contribution in [0.3, 0.4) is 0 Å². The SMILES string of the molecule is CCOc1cc(C)sc1Br. The summed E-state index contributed by atoms with van der Waals surface area (Å²) < 4.78 is 6.41. The second-order valence-electron chi connectivity index (χ2n) is 1.93. The summed E-state index contributed by atoms with van der Waals surface area (Å²) >= 11 is 5.11. The minimum atomic E-state index is 0.731. The number of aryl methyl sites for hydroxylation is 1. The van der Waals surface area contributed by atoms with Crippen LogP contribution in [-0.4, -0.2) is 6.61 Å². The summed E-state index contributed by atoms with van der Waals surface area (Å²) in [5, 5.41) is 0. The molecule has 0 radical (unpaired) electrons. The second-order valence-corrected chi connectivity index (χ2v) is 4.50. The highest BCUT2D eigenvalue weighted by Gasteiger charge is 2.02. The Morgan fingerprint density at radius 2 is 2.40 bits per heavy atom. The van der Waals surface area contributed by atoms with Crippen molar-refractivity contribution in [3.8, 4) is 5.75 Å². The van der Waals surface area contributed by atoms with Gasteiger partial charge in [-0.3, -0.25) is 0 Å². The maximum atomic E-state index is 5.32. The van der Waals surface area contributed by atoms with Crippen molar-refractivity contribution in [3.63, 3.8) is 0 Å². The van der Waals surface area contributed by atoms with Crippen molar-refractivity contribution in [1.29, 1.82) is 0 Å². The van der Waals surface area contributed by atoms with E-state index in [4.69, 9.17) is 4.74 Å². The van der Waals surface area contributed by atoms with Gasteiger partial charge in [-0.1, -0.05) is 0 Å². The van der Waals surface area contributed by atoms with Crippen molar-refractivity contribution in [2.24, 2.45) is 0 Å². The smallest absolute Gasteiger partial charge is 0.144 e. The van der Waals surface area contributed by atoms with E-state index in [0.717, 1.165) is 16.1 Å². The van der Waals surface area contributed by atoms with Crippen molar-refractivity contribution in [3.05, 3.63) is 14.7 Å². The average molecular weight is 221 g/mol. The highest BCUT2D eigenvalue weighted by Crippen LogP contribution is 2.33. The maximum absolute atomic E-state index is 5.32. The molecule has 3 heteroatoms. The van der Waals surface area contributed by atoms with E-state index < -0.39 is 0 Å². The van der Waals surface area contributed by atoms with Gasteiger partial charge >= 0.3 is 0 Å². The van der Waals surface area contributed by atoms with Gasteiger partial charge in [-0.15, -0.1) is 11.3 Å². The van der Waals surface area contributed by atoms with Crippen molar-refractivity contribution >= 4 is 27.3 Å². The molecule has 1 nitrogen and oxygen atoms in total. The normalized spacial score (nSPS) is 9.90. The zero-order valence-corrected chi connectivity index (χ0v) is 8.38. The first kappa shape index (κ1) is 8.08. The molecule has 0 unspecified atom stereocenters. The molecule has 0 saturated carbocycles. The molecule has 0 spiro atoms. The van der Waals surface area contributed by atoms with E-state index in [-0.39, 0.29) is 0 Å². The first-order valence-electron chi connectivity index (χ1n) is 3.12. The Morgan fingerprint density at radius 3 is 2.80 bits per heavy atom. The lowest BCUT2D eigenvalue weighted by Gasteiger charge is -1.97. The predicted molar refractivity (Wildman–Crippen MR) is 47.9 cm³/mol. The van der Waals surface area contributed by atoms with Crippen molar-refractivity contribution in [1.82, 2.24) is 0 Å². The van der Waals surface area contributed by atoms with Crippen LogP contribution in [-0.2, 0) is 0 Å². The Bertz CT molecular complexity index is 219. The van der Waals surface area contributed by atoms with Crippen LogP contribution in [0.2, 0.25) is 0 Å². The first-order chi connectivity index (χ1) is 4.74. The Labute approximate surface area is 73.1 Å². The molecule has 1 aromatic heterocycles. The quantitative estimate of drug-likeness (QED) is 0.744. The Balaban J connectivity index is 2.81. The molecule has 1 rings (SSSR count). The third kappa shape index (κ3) is 1.73. The standard InChI is InChI=1S/C7H9BrOS/c1-3-9-6-4-5(2)10-7(6)8/h4H,3H2,1-2H3. The lowest BCUT2D eigenvalue weighted by atomic mass is 10.5. The maximum Gasteiger partial charge on any atom is 0.144 e. The van der Waals surface area contributed by atoms with Crippen molar-refractivity contribution < 1.29 is 4.74 Å². The van der Waals surface area contributed by atoms with Crippen molar-refractivity contribution in [2.45, 2.75) is 13.8 Å². The lowest BCUT2D eigenvalue weighted by molar-refractivity contribution is 0.340. The van der Waals surface area contributed by atoms with E-state index >= 15 is 0 Å². The van der Waals surface area contributed by atoms with Gasteiger partial charge in [0.1, 0.15) is 9.54 Å². The molecule has 10 heavy (non-hydrogen) atoms. The highest BCUT2D eigenvalue weighted by molar-refractivity contribution is 9.11. The summed E-state index contributed by atoms with van der Waals surface area (Å²) in [4.78, 5) is 1.27. The topological polar surface area (TPSA) is 9.23 Å². The van der Waals surface area contributed by atoms with Gasteiger partial charge in [0.2, 0.25) is 0 Å². The van der Waals surface area contributed by atoms with Gasteiger partial charge < -0.3 is 4.74 Å². The number of hydrogen-bond acceptors (Lipinski definition) is 2. The zero-order valence-electron chi connectivity index (χ0n) is 5.98. The molecular formula is C7H9BrOS. The third-order valence-corrected chi connectivity index (χ3v) is 2.78. The molecule has 0 aliphatic heterocycles. The molecular weight excluding hydrogens is 212 g/mol. The van der Waals surface area contributed by atoms with Crippen LogP contribution in [0.25, 0.3) is 0 Å². The largest absolute Gasteiger partial charge is 0.492 e. The van der Waals surface area contributed by atoms with Crippen LogP contribution < -0.4 is 4.74 Å². The zero-order chi connectivity index (χ0) is 7.56. The van der Waals surface area contributed by atoms with Crippen LogP contribution in [0.15, 0.2) is 9.85 Å². The van der Waals surface area contributed by atoms with E-state index in [9.17, 15) is 0 Å². The van der Waals surface area contributed by atoms with Gasteiger partial charge in [0.05, 0.1) is 6.61 Å². The molecule has 0 saturated heterocycles. The van der Waals surface area contributed by atoms with Gasteiger partial charge in [0, 0.05) is 4.88 Å². The fraction of sp³-hybridized carbons (Fsp3) is 0.429. The molecule has 0 atom stereocenters. The van der Waals surface area contributed by atoms with Gasteiger partial charge in [0.25, 0.3) is 0 Å². The molecule has 0 amide bonds. The molecule has 0 aliphatic carbocycles. The fourth-order valence-corrected chi connectivity index (χ4v) is 2.38. The summed E-state index contributed by atoms with van der Waals surface area (Å²) in [5.74, 6) is 0.963. The minimum absolute atomic E-state index is 0.731. The van der Waals surface area contributed by atoms with Gasteiger partial charge in [-0.05, 0) is 35.8 Å². The van der Waals surface area contributed by atoms with E-state index in [2.05, 4.69) is 22.9 Å². The summed E-state index contributed by atoms with van der Waals surface area (Å²) in [6.07, 6.45) is 0. The van der Waals surface area contributed by atoms with Crippen LogP contribution in [0.4, 0.5) is 0 Å². The number of ether oxygens (including phenoxy) is 1. The van der Waals surface area contributed by atoms with Crippen LogP contribution in [0, 0.1) is 6.92 Å². The van der Waals surface area contributed by atoms with Crippen LogP contribution >= 0.6 is 27.3 Å². The summed E-state index contributed by atoms with van der Waals surface area (Å²) in [7, 11) is 0. The van der Waals surface area contributed by atoms with Crippen molar-refractivity contribution in [2.75, 3.05) is 6.61 Å². The summed E-state index contributed by atoms with van der Waals surface area (Å²) in [6, 6.07) is 2.04. The molecule has 56 valence electrons. The number of halogens is 1. The molecule has 1 aromatic rings. The first-order valence-corrected chi connectivity index (χ1v) is 4.73. The average Bonchev–Trinajstić information content (AvgIpc) is 2.13. The van der Waals surface area contributed by atoms with E-state index in [1.54, 1.807) is 11.3 Å². The van der Waals surface area contributed by atoms with Gasteiger partial charge in [0.15, 0.2) is 0 Å². The third-order valence-electron chi connectivity index (χ3n) is 1.08. The summed E-state index contributed by atoms with van der Waals surface area (Å²) in [5.41, 5.74) is 0. The fourth-order valence-electron chi connectivity index (χ4n) is 0.716. The highest BCUT2D eigenvalue weighted by atomic mass is 79.9. The van der Waals surface area contributed by atoms with E-state index in [1.807, 2.05) is 13.0 Å². The Morgan fingerprint density at radius 1 is 1.70 bits per heavy atom. The van der Waals surface area contributed by atoms with E-state index in [0.29, 0.717) is 0 Å². The second kappa shape index (κ2) is 3.39. The molecule has 0 aliphatic rings. The molecule has 0 aromatic carbocycles. The Hall–Kier alpha value is -0.0200. The minimum Gasteiger partial charge on any atom is -0.492 e. The van der Waals surface area contributed by atoms with Crippen LogP contribution in [0.1, 0.15) is 11.8 Å². The number of hydrogen-bond donors (Lipinski definition) is 0. The molecule has 0 fully saturated rings. The Kier molecular flexibility index (Phi) is 2.74. The predicted octanol–water partition coefficient (Wildman–Crippen LogP) is 3.22. The summed E-state index contributed by atoms with van der Waals surface area (Å²) in [6.45, 7) is 4.78.